The second kappa shape index (κ2) is 4.72. The minimum absolute atomic E-state index is 0.0890. The van der Waals surface area contributed by atoms with Crippen LogP contribution in [0, 0.1) is 5.82 Å². The maximum atomic E-state index is 13.8. The predicted octanol–water partition coefficient (Wildman–Crippen LogP) is 2.45. The number of nitrogens with one attached hydrogen (secondary N) is 1. The Kier molecular flexibility index (Phi) is 3.09. The lowest BCUT2D eigenvalue weighted by Crippen LogP contribution is -2.42. The summed E-state index contributed by atoms with van der Waals surface area (Å²) in [5, 5.41) is 6.24. The van der Waals surface area contributed by atoms with Crippen molar-refractivity contribution in [3.63, 3.8) is 0 Å². The maximum Gasteiger partial charge on any atom is 0.132 e. The molecule has 17 heavy (non-hydrogen) atoms. The van der Waals surface area contributed by atoms with Gasteiger partial charge in [-0.05, 0) is 23.1 Å². The predicted molar refractivity (Wildman–Crippen MR) is 69.9 cm³/mol. The molecule has 0 aliphatic carbocycles. The summed E-state index contributed by atoms with van der Waals surface area (Å²) < 4.78 is 14.9. The van der Waals surface area contributed by atoms with Gasteiger partial charge in [-0.3, -0.25) is 4.90 Å². The maximum absolute atomic E-state index is 13.8. The molecule has 0 spiro atoms. The Labute approximate surface area is 104 Å². The van der Waals surface area contributed by atoms with E-state index in [0.717, 1.165) is 48.4 Å². The first-order valence-corrected chi connectivity index (χ1v) is 6.80. The molecule has 0 radical (unpaired) electrons. The Morgan fingerprint density at radius 2 is 2.12 bits per heavy atom. The molecule has 1 aliphatic heterocycles. The fourth-order valence-electron chi connectivity index (χ4n) is 2.33. The smallest absolute Gasteiger partial charge is 0.132 e. The van der Waals surface area contributed by atoms with Crippen molar-refractivity contribution in [1.29, 1.82) is 0 Å². The van der Waals surface area contributed by atoms with Gasteiger partial charge in [0, 0.05) is 42.8 Å². The molecular weight excluding hydrogens is 235 g/mol. The van der Waals surface area contributed by atoms with Gasteiger partial charge in [-0.25, -0.2) is 4.39 Å². The minimum Gasteiger partial charge on any atom is -0.314 e. The number of hydrogen-bond donors (Lipinski definition) is 1. The van der Waals surface area contributed by atoms with E-state index < -0.39 is 0 Å². The van der Waals surface area contributed by atoms with Gasteiger partial charge in [-0.2, -0.15) is 0 Å². The zero-order valence-electron chi connectivity index (χ0n) is 9.58. The Bertz CT molecular complexity index is 517. The van der Waals surface area contributed by atoms with Crippen LogP contribution in [0.15, 0.2) is 23.6 Å². The van der Waals surface area contributed by atoms with E-state index in [9.17, 15) is 4.39 Å². The highest BCUT2D eigenvalue weighted by Crippen LogP contribution is 2.29. The monoisotopic (exact) mass is 250 g/mol. The molecule has 0 amide bonds. The molecule has 0 atom stereocenters. The van der Waals surface area contributed by atoms with Crippen LogP contribution >= 0.6 is 11.3 Å². The van der Waals surface area contributed by atoms with E-state index in [1.54, 1.807) is 23.5 Å². The van der Waals surface area contributed by atoms with Gasteiger partial charge >= 0.3 is 0 Å². The molecule has 4 heteroatoms. The molecule has 3 rings (SSSR count). The number of fused-ring (bicyclic) bond motifs is 1. The quantitative estimate of drug-likeness (QED) is 0.880. The zero-order valence-corrected chi connectivity index (χ0v) is 10.4. The highest BCUT2D eigenvalue weighted by atomic mass is 32.1. The lowest BCUT2D eigenvalue weighted by atomic mass is 10.1. The highest BCUT2D eigenvalue weighted by molar-refractivity contribution is 7.17. The van der Waals surface area contributed by atoms with Crippen LogP contribution in [0.4, 0.5) is 4.39 Å². The summed E-state index contributed by atoms with van der Waals surface area (Å²) in [6.07, 6.45) is 0. The van der Waals surface area contributed by atoms with Crippen molar-refractivity contribution < 1.29 is 4.39 Å². The third kappa shape index (κ3) is 2.20. The minimum atomic E-state index is -0.0890. The van der Waals surface area contributed by atoms with Gasteiger partial charge in [0.05, 0.1) is 0 Å². The zero-order chi connectivity index (χ0) is 11.7. The molecule has 0 bridgehead atoms. The van der Waals surface area contributed by atoms with Crippen molar-refractivity contribution in [1.82, 2.24) is 10.2 Å². The van der Waals surface area contributed by atoms with Crippen molar-refractivity contribution in [3.05, 3.63) is 35.0 Å². The van der Waals surface area contributed by atoms with Crippen molar-refractivity contribution in [2.24, 2.45) is 0 Å². The summed E-state index contributed by atoms with van der Waals surface area (Å²) in [5.41, 5.74) is 1.13. The molecule has 1 aliphatic rings. The molecule has 0 saturated carbocycles. The molecule has 2 nitrogen and oxygen atoms in total. The molecule has 1 aromatic carbocycles. The number of piperazine rings is 1. The summed E-state index contributed by atoms with van der Waals surface area (Å²) in [5.74, 6) is -0.0890. The Morgan fingerprint density at radius 3 is 2.94 bits per heavy atom. The van der Waals surface area contributed by atoms with Crippen molar-refractivity contribution >= 4 is 21.4 Å². The lowest BCUT2D eigenvalue weighted by molar-refractivity contribution is 0.234. The average molecular weight is 250 g/mol. The summed E-state index contributed by atoms with van der Waals surface area (Å²) in [4.78, 5) is 2.38. The van der Waals surface area contributed by atoms with Gasteiger partial charge < -0.3 is 5.32 Å². The highest BCUT2D eigenvalue weighted by Gasteiger charge is 2.14. The first kappa shape index (κ1) is 11.1. The van der Waals surface area contributed by atoms with Gasteiger partial charge in [0.25, 0.3) is 0 Å². The van der Waals surface area contributed by atoms with Gasteiger partial charge in [0.15, 0.2) is 0 Å². The van der Waals surface area contributed by atoms with E-state index in [-0.39, 0.29) is 5.82 Å². The van der Waals surface area contributed by atoms with Crippen LogP contribution in [0.3, 0.4) is 0 Å². The van der Waals surface area contributed by atoms with Crippen LogP contribution < -0.4 is 5.32 Å². The number of thiophene rings is 1. The van der Waals surface area contributed by atoms with E-state index in [1.165, 1.54) is 0 Å². The first-order valence-electron chi connectivity index (χ1n) is 5.92. The SMILES string of the molecule is Fc1cccc2scc(CN3CCNCC3)c12. The van der Waals surface area contributed by atoms with Gasteiger partial charge in [-0.1, -0.05) is 6.07 Å². The third-order valence-corrected chi connectivity index (χ3v) is 4.22. The van der Waals surface area contributed by atoms with E-state index in [2.05, 4.69) is 15.6 Å². The van der Waals surface area contributed by atoms with Crippen LogP contribution in [-0.2, 0) is 6.54 Å². The van der Waals surface area contributed by atoms with Gasteiger partial charge in [0.1, 0.15) is 5.82 Å². The standard InChI is InChI=1S/C13H15FN2S/c14-11-2-1-3-12-13(11)10(9-17-12)8-16-6-4-15-5-7-16/h1-3,9,15H,4-8H2. The molecule has 1 fully saturated rings. The lowest BCUT2D eigenvalue weighted by Gasteiger charge is -2.26. The van der Waals surface area contributed by atoms with Crippen LogP contribution in [0.1, 0.15) is 5.56 Å². The van der Waals surface area contributed by atoms with Crippen LogP contribution in [0.2, 0.25) is 0 Å². The summed E-state index contributed by atoms with van der Waals surface area (Å²) >= 11 is 1.63. The van der Waals surface area contributed by atoms with E-state index >= 15 is 0 Å². The molecule has 2 aromatic rings. The summed E-state index contributed by atoms with van der Waals surface area (Å²) in [6, 6.07) is 5.32. The second-order valence-corrected chi connectivity index (χ2v) is 5.31. The second-order valence-electron chi connectivity index (χ2n) is 4.40. The molecule has 2 heterocycles. The largest absolute Gasteiger partial charge is 0.314 e. The fraction of sp³-hybridized carbons (Fsp3) is 0.385. The third-order valence-electron chi connectivity index (χ3n) is 3.23. The van der Waals surface area contributed by atoms with Crippen LogP contribution in [0.5, 0.6) is 0 Å². The number of halogens is 1. The Balaban J connectivity index is 1.89. The van der Waals surface area contributed by atoms with Gasteiger partial charge in [-0.15, -0.1) is 11.3 Å². The number of benzene rings is 1. The van der Waals surface area contributed by atoms with Gasteiger partial charge in [0.2, 0.25) is 0 Å². The van der Waals surface area contributed by atoms with Crippen molar-refractivity contribution in [2.75, 3.05) is 26.2 Å². The summed E-state index contributed by atoms with van der Waals surface area (Å²) in [6.45, 7) is 5.02. The Hall–Kier alpha value is -0.970. The number of nitrogens with zero attached hydrogens (tertiary/aromatic N) is 1. The van der Waals surface area contributed by atoms with E-state index in [0.29, 0.717) is 0 Å². The number of hydrogen-bond acceptors (Lipinski definition) is 3. The molecule has 1 N–H and O–H groups in total. The molecule has 90 valence electrons. The van der Waals surface area contributed by atoms with E-state index in [1.807, 2.05) is 6.07 Å². The molecule has 1 saturated heterocycles. The fourth-order valence-corrected chi connectivity index (χ4v) is 3.30. The normalized spacial score (nSPS) is 17.7. The van der Waals surface area contributed by atoms with Crippen LogP contribution in [-0.4, -0.2) is 31.1 Å². The van der Waals surface area contributed by atoms with Crippen molar-refractivity contribution in [3.8, 4) is 0 Å². The summed E-state index contributed by atoms with van der Waals surface area (Å²) in [7, 11) is 0. The van der Waals surface area contributed by atoms with E-state index in [4.69, 9.17) is 0 Å². The number of rotatable bonds is 2. The van der Waals surface area contributed by atoms with Crippen molar-refractivity contribution in [2.45, 2.75) is 6.54 Å². The topological polar surface area (TPSA) is 15.3 Å². The van der Waals surface area contributed by atoms with Crippen LogP contribution in [0.25, 0.3) is 10.1 Å². The molecule has 0 unspecified atom stereocenters. The molecule has 1 aromatic heterocycles. The average Bonchev–Trinajstić information content (AvgIpc) is 2.75. The molecular formula is C13H15FN2S. The Morgan fingerprint density at radius 1 is 1.29 bits per heavy atom. The first-order chi connectivity index (χ1) is 8.34.